The molecule has 1 aliphatic heterocycles. The zero-order chi connectivity index (χ0) is 16.6. The van der Waals surface area contributed by atoms with Gasteiger partial charge < -0.3 is 19.6 Å². The normalized spacial score (nSPS) is 15.6. The maximum absolute atomic E-state index is 11.6. The van der Waals surface area contributed by atoms with Crippen LogP contribution in [0.1, 0.15) is 16.1 Å². The van der Waals surface area contributed by atoms with Crippen molar-refractivity contribution in [2.45, 2.75) is 0 Å². The number of carboxylic acid groups (broad SMARTS) is 1. The lowest BCUT2D eigenvalue weighted by Crippen LogP contribution is -2.22. The van der Waals surface area contributed by atoms with Crippen LogP contribution in [0.5, 0.6) is 0 Å². The monoisotopic (exact) mass is 347 g/mol. The van der Waals surface area contributed by atoms with E-state index < -0.39 is 5.97 Å². The molecule has 1 amide bonds. The van der Waals surface area contributed by atoms with Crippen molar-refractivity contribution in [3.05, 3.63) is 52.4 Å². The Hall–Kier alpha value is -2.64. The van der Waals surface area contributed by atoms with Crippen molar-refractivity contribution in [2.24, 2.45) is 0 Å². The maximum atomic E-state index is 11.6. The van der Waals surface area contributed by atoms with Gasteiger partial charge in [0.15, 0.2) is 5.11 Å². The zero-order valence-corrected chi connectivity index (χ0v) is 13.0. The van der Waals surface area contributed by atoms with E-state index in [0.29, 0.717) is 17.1 Å². The molecule has 6 nitrogen and oxygen atoms in total. The maximum Gasteiger partial charge on any atom is 0.274 e. The van der Waals surface area contributed by atoms with Crippen LogP contribution < -0.4 is 15.7 Å². The summed E-state index contributed by atoms with van der Waals surface area (Å²) in [6.45, 7) is 0. The van der Waals surface area contributed by atoms with E-state index in [1.54, 1.807) is 18.2 Å². The number of carbonyl (C=O) groups excluding carboxylic acids is 2. The average molecular weight is 348 g/mol. The number of amides is 1. The molecule has 1 aromatic heterocycles. The lowest BCUT2D eigenvalue weighted by Gasteiger charge is -2.06. The molecule has 8 heteroatoms. The summed E-state index contributed by atoms with van der Waals surface area (Å²) < 4.78 is 5.59. The summed E-state index contributed by atoms with van der Waals surface area (Å²) in [7, 11) is 0. The van der Waals surface area contributed by atoms with E-state index >= 15 is 0 Å². The molecule has 0 atom stereocenters. The lowest BCUT2D eigenvalue weighted by molar-refractivity contribution is -0.255. The first-order valence-electron chi connectivity index (χ1n) is 6.39. The molecule has 0 saturated carbocycles. The largest absolute Gasteiger partial charge is 0.545 e. The molecule has 1 saturated heterocycles. The van der Waals surface area contributed by atoms with Gasteiger partial charge in [0.1, 0.15) is 17.2 Å². The summed E-state index contributed by atoms with van der Waals surface area (Å²) in [4.78, 5) is 22.6. The summed E-state index contributed by atoms with van der Waals surface area (Å²) >= 11 is 10.6. The van der Waals surface area contributed by atoms with Crippen LogP contribution in [0.15, 0.2) is 40.4 Å². The van der Waals surface area contributed by atoms with E-state index in [1.807, 2.05) is 0 Å². The summed E-state index contributed by atoms with van der Waals surface area (Å²) in [5.74, 6) is -0.880. The van der Waals surface area contributed by atoms with E-state index in [2.05, 4.69) is 10.6 Å². The third kappa shape index (κ3) is 3.10. The Morgan fingerprint density at radius 2 is 2.04 bits per heavy atom. The van der Waals surface area contributed by atoms with Crippen molar-refractivity contribution >= 4 is 46.9 Å². The fourth-order valence-electron chi connectivity index (χ4n) is 2.05. The van der Waals surface area contributed by atoms with Gasteiger partial charge in [-0.05, 0) is 42.5 Å². The minimum absolute atomic E-state index is 0.0861. The number of aromatic carboxylic acids is 1. The van der Waals surface area contributed by atoms with Crippen LogP contribution in [0.4, 0.5) is 0 Å². The molecule has 1 fully saturated rings. The van der Waals surface area contributed by atoms with Gasteiger partial charge in [0.25, 0.3) is 5.91 Å². The predicted octanol–water partition coefficient (Wildman–Crippen LogP) is 1.31. The zero-order valence-electron chi connectivity index (χ0n) is 11.4. The molecule has 0 unspecified atom stereocenters. The van der Waals surface area contributed by atoms with Crippen molar-refractivity contribution in [3.63, 3.8) is 0 Å². The second-order valence-corrected chi connectivity index (χ2v) is 5.47. The molecule has 0 spiro atoms. The van der Waals surface area contributed by atoms with Gasteiger partial charge in [-0.2, -0.15) is 0 Å². The van der Waals surface area contributed by atoms with Gasteiger partial charge in [-0.1, -0.05) is 11.6 Å². The minimum atomic E-state index is -1.37. The van der Waals surface area contributed by atoms with Gasteiger partial charge in [0.2, 0.25) is 0 Å². The quantitative estimate of drug-likeness (QED) is 0.642. The van der Waals surface area contributed by atoms with Crippen LogP contribution in [0.2, 0.25) is 5.02 Å². The fraction of sp³-hybridized carbons (Fsp3) is 0. The molecular weight excluding hydrogens is 340 g/mol. The Bertz CT molecular complexity index is 872. The van der Waals surface area contributed by atoms with Gasteiger partial charge >= 0.3 is 0 Å². The second kappa shape index (κ2) is 5.86. The highest BCUT2D eigenvalue weighted by molar-refractivity contribution is 7.80. The molecule has 1 aliphatic rings. The number of carbonyl (C=O) groups is 2. The molecule has 1 aromatic carbocycles. The van der Waals surface area contributed by atoms with E-state index in [4.69, 9.17) is 28.2 Å². The molecule has 116 valence electrons. The van der Waals surface area contributed by atoms with Gasteiger partial charge in [-0.3, -0.25) is 10.1 Å². The van der Waals surface area contributed by atoms with E-state index in [0.717, 1.165) is 0 Å². The fourth-order valence-corrected chi connectivity index (χ4v) is 2.44. The average Bonchev–Trinajstić information content (AvgIpc) is 3.06. The number of furan rings is 1. The number of benzene rings is 1. The van der Waals surface area contributed by atoms with Crippen LogP contribution in [0.25, 0.3) is 17.4 Å². The third-order valence-corrected chi connectivity index (χ3v) is 3.64. The number of halogens is 1. The first kappa shape index (κ1) is 15.3. The topological polar surface area (TPSA) is 94.4 Å². The van der Waals surface area contributed by atoms with Crippen LogP contribution in [0.3, 0.4) is 0 Å². The number of rotatable bonds is 3. The van der Waals surface area contributed by atoms with E-state index in [-0.39, 0.29) is 27.3 Å². The SMILES string of the molecule is O=C1NC(=S)N/C1=C\c1ccc(-c2ccc(Cl)c(C(=O)[O-])c2)o1. The number of thiocarbonyl (C=S) groups is 1. The molecular formula is C15H8ClN2O4S-. The highest BCUT2D eigenvalue weighted by Crippen LogP contribution is 2.27. The molecule has 2 aromatic rings. The second-order valence-electron chi connectivity index (χ2n) is 4.65. The van der Waals surface area contributed by atoms with Crippen molar-refractivity contribution in [1.29, 1.82) is 0 Å². The molecule has 0 aliphatic carbocycles. The smallest absolute Gasteiger partial charge is 0.274 e. The van der Waals surface area contributed by atoms with Crippen LogP contribution in [0, 0.1) is 0 Å². The number of carboxylic acids is 1. The highest BCUT2D eigenvalue weighted by atomic mass is 35.5. The van der Waals surface area contributed by atoms with Gasteiger partial charge in [0.05, 0.1) is 5.97 Å². The van der Waals surface area contributed by atoms with Gasteiger partial charge in [-0.25, -0.2) is 0 Å². The first-order chi connectivity index (χ1) is 10.9. The number of hydrogen-bond acceptors (Lipinski definition) is 5. The molecule has 3 rings (SSSR count). The predicted molar refractivity (Wildman–Crippen MR) is 85.3 cm³/mol. The highest BCUT2D eigenvalue weighted by Gasteiger charge is 2.20. The molecule has 2 N–H and O–H groups in total. The molecule has 2 heterocycles. The standard InChI is InChI=1S/C15H9ClN2O4S/c16-10-3-1-7(5-9(10)14(20)21)12-4-2-8(22-12)6-11-13(19)18-15(23)17-11/h1-6H,(H,20,21)(H2,17,18,19,23)/p-1/b11-6-. The summed E-state index contributed by atoms with van der Waals surface area (Å²) in [6, 6.07) is 7.74. The van der Waals surface area contributed by atoms with Crippen molar-refractivity contribution < 1.29 is 19.1 Å². The van der Waals surface area contributed by atoms with E-state index in [1.165, 1.54) is 18.2 Å². The summed E-state index contributed by atoms with van der Waals surface area (Å²) in [5, 5.41) is 16.5. The molecule has 0 bridgehead atoms. The third-order valence-electron chi connectivity index (χ3n) is 3.10. The Morgan fingerprint density at radius 3 is 2.70 bits per heavy atom. The Morgan fingerprint density at radius 1 is 1.26 bits per heavy atom. The Kier molecular flexibility index (Phi) is 3.89. The van der Waals surface area contributed by atoms with Crippen molar-refractivity contribution in [2.75, 3.05) is 0 Å². The molecule has 0 radical (unpaired) electrons. The number of hydrogen-bond donors (Lipinski definition) is 2. The molecule has 23 heavy (non-hydrogen) atoms. The lowest BCUT2D eigenvalue weighted by atomic mass is 10.1. The van der Waals surface area contributed by atoms with Crippen LogP contribution in [-0.2, 0) is 4.79 Å². The van der Waals surface area contributed by atoms with Crippen molar-refractivity contribution in [1.82, 2.24) is 10.6 Å². The van der Waals surface area contributed by atoms with Gasteiger partial charge in [0, 0.05) is 22.2 Å². The van der Waals surface area contributed by atoms with Gasteiger partial charge in [-0.15, -0.1) is 0 Å². The van der Waals surface area contributed by atoms with Crippen LogP contribution in [-0.4, -0.2) is 17.0 Å². The van der Waals surface area contributed by atoms with E-state index in [9.17, 15) is 14.7 Å². The first-order valence-corrected chi connectivity index (χ1v) is 7.18. The number of nitrogens with one attached hydrogen (secondary N) is 2. The summed E-state index contributed by atoms with van der Waals surface area (Å²) in [5.41, 5.74) is 0.669. The summed E-state index contributed by atoms with van der Waals surface area (Å²) in [6.07, 6.45) is 1.49. The Balaban J connectivity index is 1.92. The minimum Gasteiger partial charge on any atom is -0.545 e. The van der Waals surface area contributed by atoms with Crippen LogP contribution >= 0.6 is 23.8 Å². The van der Waals surface area contributed by atoms with Crippen molar-refractivity contribution in [3.8, 4) is 11.3 Å². The Labute approximate surface area is 140 Å².